The molecule has 83 valence electrons. The van der Waals surface area contributed by atoms with Gasteiger partial charge < -0.3 is 0 Å². The standard InChI is InChI=1S/C11H11N2O2S/c1-16(14,15)11-5-2-4-10(8-11)9-13-7-3-6-12-13/h2,4-8H,9H2,1H3. The lowest BCUT2D eigenvalue weighted by Crippen LogP contribution is -2.02. The third-order valence-corrected chi connectivity index (χ3v) is 3.29. The molecule has 1 aromatic carbocycles. The lowest BCUT2D eigenvalue weighted by Gasteiger charge is -2.04. The van der Waals surface area contributed by atoms with Crippen LogP contribution < -0.4 is 0 Å². The number of nitrogens with zero attached hydrogens (tertiary/aromatic N) is 2. The lowest BCUT2D eigenvalue weighted by molar-refractivity contribution is 0.601. The van der Waals surface area contributed by atoms with Crippen LogP contribution in [0, 0.1) is 6.07 Å². The van der Waals surface area contributed by atoms with Crippen LogP contribution in [0.5, 0.6) is 0 Å². The Hall–Kier alpha value is -1.62. The Bertz CT molecular complexity index is 574. The van der Waals surface area contributed by atoms with Crippen LogP contribution in [0.1, 0.15) is 5.56 Å². The Balaban J connectivity index is 2.30. The fourth-order valence-corrected chi connectivity index (χ4v) is 2.10. The summed E-state index contributed by atoms with van der Waals surface area (Å²) in [6, 6.07) is 9.69. The van der Waals surface area contributed by atoms with Crippen LogP contribution in [-0.4, -0.2) is 24.5 Å². The monoisotopic (exact) mass is 235 g/mol. The minimum absolute atomic E-state index is 0.334. The molecule has 0 N–H and O–H groups in total. The fraction of sp³-hybridized carbons (Fsp3) is 0.182. The lowest BCUT2D eigenvalue weighted by atomic mass is 10.2. The number of hydrogen-bond acceptors (Lipinski definition) is 3. The van der Waals surface area contributed by atoms with Gasteiger partial charge >= 0.3 is 0 Å². The first kappa shape index (κ1) is 10.9. The molecule has 0 unspecified atom stereocenters. The van der Waals surface area contributed by atoms with Crippen molar-refractivity contribution in [2.45, 2.75) is 11.4 Å². The highest BCUT2D eigenvalue weighted by molar-refractivity contribution is 7.90. The summed E-state index contributed by atoms with van der Waals surface area (Å²) in [6.07, 6.45) is 4.49. The van der Waals surface area contributed by atoms with Gasteiger partial charge in [0.15, 0.2) is 9.84 Å². The SMILES string of the molecule is CS(=O)(=O)c1cccc(Cn2c[c]cn2)c1. The fourth-order valence-electron chi connectivity index (χ4n) is 1.41. The normalized spacial score (nSPS) is 11.6. The minimum Gasteiger partial charge on any atom is -0.268 e. The van der Waals surface area contributed by atoms with Crippen LogP contribution >= 0.6 is 0 Å². The second kappa shape index (κ2) is 4.09. The van der Waals surface area contributed by atoms with Crippen LogP contribution in [0.25, 0.3) is 0 Å². The number of sulfone groups is 1. The molecule has 0 aliphatic carbocycles. The largest absolute Gasteiger partial charge is 0.268 e. The van der Waals surface area contributed by atoms with E-state index < -0.39 is 9.84 Å². The Morgan fingerprint density at radius 3 is 2.88 bits per heavy atom. The van der Waals surface area contributed by atoms with Gasteiger partial charge in [0.1, 0.15) is 0 Å². The van der Waals surface area contributed by atoms with Gasteiger partial charge in [0.2, 0.25) is 0 Å². The molecule has 0 aliphatic heterocycles. The topological polar surface area (TPSA) is 52.0 Å². The van der Waals surface area contributed by atoms with Crippen LogP contribution in [-0.2, 0) is 16.4 Å². The van der Waals surface area contributed by atoms with Crippen molar-refractivity contribution in [1.29, 1.82) is 0 Å². The molecule has 0 bridgehead atoms. The van der Waals surface area contributed by atoms with E-state index in [0.29, 0.717) is 11.4 Å². The molecular weight excluding hydrogens is 224 g/mol. The van der Waals surface area contributed by atoms with Crippen LogP contribution in [0.2, 0.25) is 0 Å². The molecule has 0 atom stereocenters. The molecule has 0 fully saturated rings. The van der Waals surface area contributed by atoms with Gasteiger partial charge in [-0.1, -0.05) is 12.1 Å². The third-order valence-electron chi connectivity index (χ3n) is 2.18. The van der Waals surface area contributed by atoms with E-state index in [1.165, 1.54) is 6.26 Å². The van der Waals surface area contributed by atoms with Gasteiger partial charge in [0, 0.05) is 18.5 Å². The maximum absolute atomic E-state index is 11.4. The van der Waals surface area contributed by atoms with Crippen molar-refractivity contribution in [3.8, 4) is 0 Å². The van der Waals surface area contributed by atoms with E-state index >= 15 is 0 Å². The molecular formula is C11H11N2O2S. The Kier molecular flexibility index (Phi) is 2.78. The summed E-state index contributed by atoms with van der Waals surface area (Å²) in [4.78, 5) is 0.334. The Morgan fingerprint density at radius 1 is 1.44 bits per heavy atom. The molecule has 1 radical (unpaired) electrons. The van der Waals surface area contributed by atoms with Crippen molar-refractivity contribution in [1.82, 2.24) is 9.78 Å². The van der Waals surface area contributed by atoms with E-state index in [1.807, 2.05) is 6.07 Å². The van der Waals surface area contributed by atoms with Gasteiger partial charge in [-0.05, 0) is 17.7 Å². The van der Waals surface area contributed by atoms with Crippen LogP contribution in [0.4, 0.5) is 0 Å². The van der Waals surface area contributed by atoms with Crippen molar-refractivity contribution >= 4 is 9.84 Å². The van der Waals surface area contributed by atoms with Crippen molar-refractivity contribution in [3.05, 3.63) is 48.3 Å². The first-order chi connectivity index (χ1) is 7.55. The molecule has 2 aromatic rings. The van der Waals surface area contributed by atoms with E-state index in [1.54, 1.807) is 35.3 Å². The van der Waals surface area contributed by atoms with Crippen molar-refractivity contribution in [3.63, 3.8) is 0 Å². The Morgan fingerprint density at radius 2 is 2.25 bits per heavy atom. The average Bonchev–Trinajstić information content (AvgIpc) is 2.70. The molecule has 0 saturated heterocycles. The Labute approximate surface area is 94.5 Å². The highest BCUT2D eigenvalue weighted by Crippen LogP contribution is 2.11. The van der Waals surface area contributed by atoms with Crippen molar-refractivity contribution in [2.75, 3.05) is 6.26 Å². The molecule has 5 heteroatoms. The zero-order valence-electron chi connectivity index (χ0n) is 8.79. The zero-order valence-corrected chi connectivity index (χ0v) is 9.61. The highest BCUT2D eigenvalue weighted by atomic mass is 32.2. The average molecular weight is 235 g/mol. The van der Waals surface area contributed by atoms with E-state index in [9.17, 15) is 8.42 Å². The van der Waals surface area contributed by atoms with Gasteiger partial charge in [-0.2, -0.15) is 5.10 Å². The smallest absolute Gasteiger partial charge is 0.175 e. The van der Waals surface area contributed by atoms with Crippen LogP contribution in [0.3, 0.4) is 0 Å². The number of hydrogen-bond donors (Lipinski definition) is 0. The molecule has 4 nitrogen and oxygen atoms in total. The third kappa shape index (κ3) is 2.49. The molecule has 0 saturated carbocycles. The predicted octanol–water partition coefficient (Wildman–Crippen LogP) is 1.14. The molecule has 1 heterocycles. The van der Waals surface area contributed by atoms with Gasteiger partial charge in [-0.15, -0.1) is 0 Å². The summed E-state index contributed by atoms with van der Waals surface area (Å²) in [7, 11) is -3.14. The predicted molar refractivity (Wildman–Crippen MR) is 59.7 cm³/mol. The summed E-state index contributed by atoms with van der Waals surface area (Å²) >= 11 is 0. The van der Waals surface area contributed by atoms with Gasteiger partial charge in [0.25, 0.3) is 0 Å². The maximum atomic E-state index is 11.4. The van der Waals surface area contributed by atoms with Gasteiger partial charge in [-0.25, -0.2) is 8.42 Å². The summed E-state index contributed by atoms with van der Waals surface area (Å²) in [6.45, 7) is 0.548. The van der Waals surface area contributed by atoms with E-state index in [4.69, 9.17) is 0 Å². The zero-order chi connectivity index (χ0) is 11.6. The molecule has 0 aliphatic rings. The first-order valence-electron chi connectivity index (χ1n) is 4.73. The van der Waals surface area contributed by atoms with Gasteiger partial charge in [-0.3, -0.25) is 4.68 Å². The maximum Gasteiger partial charge on any atom is 0.175 e. The number of benzene rings is 1. The summed E-state index contributed by atoms with van der Waals surface area (Å²) in [5.41, 5.74) is 0.903. The quantitative estimate of drug-likeness (QED) is 0.801. The first-order valence-corrected chi connectivity index (χ1v) is 6.62. The minimum atomic E-state index is -3.14. The summed E-state index contributed by atoms with van der Waals surface area (Å²) in [5.74, 6) is 0. The van der Waals surface area contributed by atoms with E-state index in [0.717, 1.165) is 5.56 Å². The molecule has 16 heavy (non-hydrogen) atoms. The molecule has 0 amide bonds. The van der Waals surface area contributed by atoms with Crippen LogP contribution in [0.15, 0.2) is 41.6 Å². The van der Waals surface area contributed by atoms with Crippen molar-refractivity contribution < 1.29 is 8.42 Å². The molecule has 1 aromatic heterocycles. The summed E-state index contributed by atoms with van der Waals surface area (Å²) < 4.78 is 24.4. The van der Waals surface area contributed by atoms with E-state index in [-0.39, 0.29) is 0 Å². The second-order valence-corrected chi connectivity index (χ2v) is 5.57. The summed E-state index contributed by atoms with van der Waals surface area (Å²) in [5, 5.41) is 4.02. The van der Waals surface area contributed by atoms with Crippen molar-refractivity contribution in [2.24, 2.45) is 0 Å². The second-order valence-electron chi connectivity index (χ2n) is 3.56. The number of rotatable bonds is 3. The molecule has 0 spiro atoms. The highest BCUT2D eigenvalue weighted by Gasteiger charge is 2.07. The van der Waals surface area contributed by atoms with E-state index in [2.05, 4.69) is 11.2 Å². The van der Waals surface area contributed by atoms with Gasteiger partial charge in [0.05, 0.1) is 17.6 Å². The molecule has 2 rings (SSSR count). The number of aromatic nitrogens is 2.